The number of rotatable bonds is 5. The van der Waals surface area contributed by atoms with E-state index in [4.69, 9.17) is 5.73 Å². The summed E-state index contributed by atoms with van der Waals surface area (Å²) in [6, 6.07) is 12.7. The summed E-state index contributed by atoms with van der Waals surface area (Å²) in [5.41, 5.74) is 10.5. The fourth-order valence-corrected chi connectivity index (χ4v) is 2.13. The minimum absolute atomic E-state index is 0.485. The molecule has 0 aliphatic carbocycles. The Kier molecular flexibility index (Phi) is 4.53. The Balaban J connectivity index is 2.13. The highest BCUT2D eigenvalue weighted by Gasteiger charge is 2.06. The molecule has 0 saturated carbocycles. The van der Waals surface area contributed by atoms with Crippen LogP contribution in [0.3, 0.4) is 0 Å². The summed E-state index contributed by atoms with van der Waals surface area (Å²) < 4.78 is 0. The first kappa shape index (κ1) is 13.6. The lowest BCUT2D eigenvalue weighted by atomic mass is 10.1. The van der Waals surface area contributed by atoms with Crippen molar-refractivity contribution in [2.75, 3.05) is 11.9 Å². The molecular formula is C16H21N3. The van der Waals surface area contributed by atoms with E-state index in [9.17, 15) is 0 Å². The molecule has 0 unspecified atom stereocenters. The largest absolute Gasteiger partial charge is 0.370 e. The lowest BCUT2D eigenvalue weighted by Crippen LogP contribution is -2.18. The van der Waals surface area contributed by atoms with E-state index in [2.05, 4.69) is 54.2 Å². The predicted octanol–water partition coefficient (Wildman–Crippen LogP) is 2.74. The zero-order valence-electron chi connectivity index (χ0n) is 11.6. The molecule has 1 aromatic carbocycles. The number of pyridine rings is 1. The number of benzene rings is 1. The summed E-state index contributed by atoms with van der Waals surface area (Å²) in [6.45, 7) is 3.48. The van der Waals surface area contributed by atoms with Gasteiger partial charge in [-0.15, -0.1) is 0 Å². The quantitative estimate of drug-likeness (QED) is 0.893. The molecular weight excluding hydrogens is 234 g/mol. The van der Waals surface area contributed by atoms with Gasteiger partial charge in [0, 0.05) is 32.0 Å². The van der Waals surface area contributed by atoms with Crippen LogP contribution in [0.5, 0.6) is 0 Å². The summed E-state index contributed by atoms with van der Waals surface area (Å²) in [5.74, 6) is 0. The van der Waals surface area contributed by atoms with E-state index < -0.39 is 0 Å². The number of nitrogens with zero attached hydrogens (tertiary/aromatic N) is 2. The number of hydrogen-bond donors (Lipinski definition) is 1. The fraction of sp³-hybridized carbons (Fsp3) is 0.312. The van der Waals surface area contributed by atoms with Gasteiger partial charge in [-0.2, -0.15) is 0 Å². The number of hydrogen-bond acceptors (Lipinski definition) is 3. The molecule has 2 N–H and O–H groups in total. The molecule has 2 rings (SSSR count). The van der Waals surface area contributed by atoms with Gasteiger partial charge in [0.25, 0.3) is 0 Å². The van der Waals surface area contributed by atoms with Crippen LogP contribution in [0.15, 0.2) is 42.6 Å². The monoisotopic (exact) mass is 255 g/mol. The topological polar surface area (TPSA) is 42.2 Å². The first-order chi connectivity index (χ1) is 9.24. The summed E-state index contributed by atoms with van der Waals surface area (Å²) in [7, 11) is 2.09. The first-order valence-corrected chi connectivity index (χ1v) is 6.67. The van der Waals surface area contributed by atoms with Crippen LogP contribution in [-0.4, -0.2) is 12.0 Å². The van der Waals surface area contributed by atoms with Crippen LogP contribution in [0.25, 0.3) is 0 Å². The standard InChI is InChI=1S/C16H21N3/c1-3-13-6-8-15(9-7-13)19(2)12-14-5-4-10-18-16(14)11-17/h4-10H,3,11-12,17H2,1-2H3. The molecule has 1 aromatic heterocycles. The lowest BCUT2D eigenvalue weighted by molar-refractivity contribution is 0.868. The normalized spacial score (nSPS) is 10.5. The van der Waals surface area contributed by atoms with Gasteiger partial charge in [-0.05, 0) is 35.7 Å². The molecule has 3 heteroatoms. The third-order valence-electron chi connectivity index (χ3n) is 3.37. The molecule has 19 heavy (non-hydrogen) atoms. The SMILES string of the molecule is CCc1ccc(N(C)Cc2cccnc2CN)cc1. The fourth-order valence-electron chi connectivity index (χ4n) is 2.13. The van der Waals surface area contributed by atoms with Gasteiger partial charge in [-0.25, -0.2) is 0 Å². The van der Waals surface area contributed by atoms with Crippen molar-refractivity contribution in [3.63, 3.8) is 0 Å². The highest BCUT2D eigenvalue weighted by atomic mass is 15.1. The molecule has 0 bridgehead atoms. The van der Waals surface area contributed by atoms with Crippen molar-refractivity contribution in [1.29, 1.82) is 0 Å². The van der Waals surface area contributed by atoms with Crippen LogP contribution in [0.2, 0.25) is 0 Å². The highest BCUT2D eigenvalue weighted by Crippen LogP contribution is 2.17. The molecule has 3 nitrogen and oxygen atoms in total. The van der Waals surface area contributed by atoms with Gasteiger partial charge in [0.15, 0.2) is 0 Å². The average molecular weight is 255 g/mol. The highest BCUT2D eigenvalue weighted by molar-refractivity contribution is 5.47. The van der Waals surface area contributed by atoms with Gasteiger partial charge in [0.1, 0.15) is 0 Å². The molecule has 100 valence electrons. The van der Waals surface area contributed by atoms with Gasteiger partial charge in [-0.3, -0.25) is 4.98 Å². The molecule has 0 fully saturated rings. The number of nitrogens with two attached hydrogens (primary N) is 1. The maximum absolute atomic E-state index is 5.72. The maximum Gasteiger partial charge on any atom is 0.0589 e. The Morgan fingerprint density at radius 3 is 2.53 bits per heavy atom. The third kappa shape index (κ3) is 3.32. The Morgan fingerprint density at radius 1 is 1.16 bits per heavy atom. The average Bonchev–Trinajstić information content (AvgIpc) is 2.48. The summed E-state index contributed by atoms with van der Waals surface area (Å²) >= 11 is 0. The third-order valence-corrected chi connectivity index (χ3v) is 3.37. The summed E-state index contributed by atoms with van der Waals surface area (Å²) in [6.07, 6.45) is 2.87. The molecule has 0 spiro atoms. The van der Waals surface area contributed by atoms with Crippen LogP contribution in [0.4, 0.5) is 5.69 Å². The van der Waals surface area contributed by atoms with Gasteiger partial charge >= 0.3 is 0 Å². The van der Waals surface area contributed by atoms with Crippen molar-refractivity contribution in [3.05, 3.63) is 59.4 Å². The van der Waals surface area contributed by atoms with Crippen LogP contribution in [0.1, 0.15) is 23.7 Å². The zero-order chi connectivity index (χ0) is 13.7. The lowest BCUT2D eigenvalue weighted by Gasteiger charge is -2.20. The van der Waals surface area contributed by atoms with Gasteiger partial charge < -0.3 is 10.6 Å². The Hall–Kier alpha value is -1.87. The number of aromatic nitrogens is 1. The van der Waals surface area contributed by atoms with Crippen LogP contribution < -0.4 is 10.6 Å². The molecule has 0 amide bonds. The molecule has 0 aliphatic heterocycles. The molecule has 1 heterocycles. The first-order valence-electron chi connectivity index (χ1n) is 6.67. The van der Waals surface area contributed by atoms with Gasteiger partial charge in [-0.1, -0.05) is 25.1 Å². The predicted molar refractivity (Wildman–Crippen MR) is 80.1 cm³/mol. The second-order valence-electron chi connectivity index (χ2n) is 4.69. The van der Waals surface area contributed by atoms with E-state index in [1.807, 2.05) is 6.07 Å². The van der Waals surface area contributed by atoms with Crippen LogP contribution in [-0.2, 0) is 19.5 Å². The van der Waals surface area contributed by atoms with E-state index in [0.29, 0.717) is 6.54 Å². The second kappa shape index (κ2) is 6.34. The Morgan fingerprint density at radius 2 is 1.89 bits per heavy atom. The Labute approximate surface area is 115 Å². The van der Waals surface area contributed by atoms with Crippen molar-refractivity contribution in [1.82, 2.24) is 4.98 Å². The van der Waals surface area contributed by atoms with E-state index in [1.165, 1.54) is 16.8 Å². The van der Waals surface area contributed by atoms with E-state index in [1.54, 1.807) is 6.20 Å². The molecule has 2 aromatic rings. The molecule has 0 saturated heterocycles. The number of anilines is 1. The molecule has 0 aliphatic rings. The zero-order valence-corrected chi connectivity index (χ0v) is 11.6. The van der Waals surface area contributed by atoms with Crippen LogP contribution >= 0.6 is 0 Å². The minimum Gasteiger partial charge on any atom is -0.370 e. The van der Waals surface area contributed by atoms with Crippen molar-refractivity contribution >= 4 is 5.69 Å². The van der Waals surface area contributed by atoms with Gasteiger partial charge in [0.05, 0.1) is 5.69 Å². The van der Waals surface area contributed by atoms with Crippen molar-refractivity contribution in [2.45, 2.75) is 26.4 Å². The summed E-state index contributed by atoms with van der Waals surface area (Å²) in [4.78, 5) is 6.54. The van der Waals surface area contributed by atoms with E-state index >= 15 is 0 Å². The van der Waals surface area contributed by atoms with Crippen molar-refractivity contribution in [2.24, 2.45) is 5.73 Å². The van der Waals surface area contributed by atoms with Crippen molar-refractivity contribution < 1.29 is 0 Å². The van der Waals surface area contributed by atoms with E-state index in [0.717, 1.165) is 18.7 Å². The van der Waals surface area contributed by atoms with E-state index in [-0.39, 0.29) is 0 Å². The van der Waals surface area contributed by atoms with Crippen molar-refractivity contribution in [3.8, 4) is 0 Å². The molecule has 0 atom stereocenters. The minimum atomic E-state index is 0.485. The van der Waals surface area contributed by atoms with Crippen LogP contribution in [0, 0.1) is 0 Å². The maximum atomic E-state index is 5.72. The Bertz CT molecular complexity index is 520. The smallest absolute Gasteiger partial charge is 0.0589 e. The number of aryl methyl sites for hydroxylation is 1. The molecule has 0 radical (unpaired) electrons. The van der Waals surface area contributed by atoms with Gasteiger partial charge in [0.2, 0.25) is 0 Å². The summed E-state index contributed by atoms with van der Waals surface area (Å²) in [5, 5.41) is 0. The second-order valence-corrected chi connectivity index (χ2v) is 4.69.